The highest BCUT2D eigenvalue weighted by molar-refractivity contribution is 5.38. The first-order chi connectivity index (χ1) is 12.1. The van der Waals surface area contributed by atoms with Crippen LogP contribution in [0.2, 0.25) is 0 Å². The minimum Gasteiger partial charge on any atom is -0.355 e. The minimum atomic E-state index is 0.426. The van der Waals surface area contributed by atoms with Crippen LogP contribution in [0.15, 0.2) is 36.4 Å². The van der Waals surface area contributed by atoms with E-state index in [1.807, 2.05) is 6.92 Å². The van der Waals surface area contributed by atoms with Gasteiger partial charge in [-0.1, -0.05) is 29.8 Å². The van der Waals surface area contributed by atoms with E-state index in [2.05, 4.69) is 63.3 Å². The summed E-state index contributed by atoms with van der Waals surface area (Å²) in [6, 6.07) is 13.2. The molecule has 0 bridgehead atoms. The van der Waals surface area contributed by atoms with Crippen LogP contribution in [0.1, 0.15) is 36.1 Å². The topological polar surface area (TPSA) is 32.3 Å². The predicted octanol–water partition coefficient (Wildman–Crippen LogP) is 3.59. The van der Waals surface area contributed by atoms with E-state index < -0.39 is 0 Å². The molecule has 4 rings (SSSR count). The monoisotopic (exact) mass is 336 g/mol. The van der Waals surface area contributed by atoms with Gasteiger partial charge in [0.25, 0.3) is 0 Å². The lowest BCUT2D eigenvalue weighted by atomic mass is 9.79. The van der Waals surface area contributed by atoms with Crippen molar-refractivity contribution in [2.45, 2.75) is 39.7 Å². The van der Waals surface area contributed by atoms with E-state index in [-0.39, 0.29) is 0 Å². The predicted molar refractivity (Wildman–Crippen MR) is 102 cm³/mol. The molecule has 0 unspecified atom stereocenters. The van der Waals surface area contributed by atoms with Gasteiger partial charge in [-0.3, -0.25) is 4.90 Å². The summed E-state index contributed by atoms with van der Waals surface area (Å²) >= 11 is 0. The Balaban J connectivity index is 1.42. The lowest BCUT2D eigenvalue weighted by Crippen LogP contribution is -2.45. The summed E-state index contributed by atoms with van der Waals surface area (Å²) in [5.41, 5.74) is 4.18. The first-order valence-corrected chi connectivity index (χ1v) is 9.45. The van der Waals surface area contributed by atoms with Crippen LogP contribution in [0.25, 0.3) is 0 Å². The summed E-state index contributed by atoms with van der Waals surface area (Å²) in [5, 5.41) is 8.66. The quantitative estimate of drug-likeness (QED) is 0.857. The number of piperidine rings is 1. The number of aromatic nitrogens is 2. The van der Waals surface area contributed by atoms with Gasteiger partial charge in [0.1, 0.15) is 0 Å². The summed E-state index contributed by atoms with van der Waals surface area (Å²) in [5.74, 6) is 1.04. The molecule has 25 heavy (non-hydrogen) atoms. The fourth-order valence-corrected chi connectivity index (χ4v) is 4.41. The Morgan fingerprint density at radius 3 is 2.52 bits per heavy atom. The lowest BCUT2D eigenvalue weighted by Gasteiger charge is -2.41. The van der Waals surface area contributed by atoms with E-state index in [1.54, 1.807) is 0 Å². The van der Waals surface area contributed by atoms with Crippen molar-refractivity contribution < 1.29 is 0 Å². The van der Waals surface area contributed by atoms with Crippen molar-refractivity contribution in [1.29, 1.82) is 0 Å². The van der Waals surface area contributed by atoms with Gasteiger partial charge in [-0.2, -0.15) is 5.10 Å². The molecule has 3 heterocycles. The Morgan fingerprint density at radius 1 is 0.920 bits per heavy atom. The SMILES string of the molecule is Cc1ccc(CN2CC[C@@]3(CCCN(c4ccc(C)nn4)C3)C2)cc1. The molecule has 2 aromatic rings. The maximum absolute atomic E-state index is 4.41. The van der Waals surface area contributed by atoms with E-state index in [1.165, 1.54) is 43.5 Å². The second-order valence-corrected chi connectivity index (χ2v) is 8.00. The summed E-state index contributed by atoms with van der Waals surface area (Å²) in [6.45, 7) is 9.87. The highest BCUT2D eigenvalue weighted by atomic mass is 15.3. The Labute approximate surface area is 150 Å². The zero-order valence-corrected chi connectivity index (χ0v) is 15.4. The second kappa shape index (κ2) is 6.75. The smallest absolute Gasteiger partial charge is 0.151 e. The standard InChI is InChI=1S/C21H28N4/c1-17-4-7-19(8-5-17)14-24-13-11-21(15-24)10-3-12-25(16-21)20-9-6-18(2)22-23-20/h4-9H,3,10-16H2,1-2H3/t21-/m0/s1. The van der Waals surface area contributed by atoms with Crippen molar-refractivity contribution in [3.63, 3.8) is 0 Å². The van der Waals surface area contributed by atoms with Crippen molar-refractivity contribution >= 4 is 5.82 Å². The molecular weight excluding hydrogens is 308 g/mol. The van der Waals surface area contributed by atoms with Crippen molar-refractivity contribution in [2.75, 3.05) is 31.1 Å². The maximum atomic E-state index is 4.41. The maximum Gasteiger partial charge on any atom is 0.151 e. The third kappa shape index (κ3) is 3.69. The average molecular weight is 336 g/mol. The fraction of sp³-hybridized carbons (Fsp3) is 0.524. The Bertz CT molecular complexity index is 710. The van der Waals surface area contributed by atoms with Gasteiger partial charge >= 0.3 is 0 Å². The molecule has 4 nitrogen and oxygen atoms in total. The molecular formula is C21H28N4. The molecule has 2 aliphatic rings. The van der Waals surface area contributed by atoms with Crippen LogP contribution in [-0.2, 0) is 6.54 Å². The number of hydrogen-bond donors (Lipinski definition) is 0. The molecule has 0 saturated carbocycles. The Morgan fingerprint density at radius 2 is 1.76 bits per heavy atom. The van der Waals surface area contributed by atoms with Gasteiger partial charge in [-0.25, -0.2) is 0 Å². The van der Waals surface area contributed by atoms with Crippen molar-refractivity contribution in [3.8, 4) is 0 Å². The number of hydrogen-bond acceptors (Lipinski definition) is 4. The minimum absolute atomic E-state index is 0.426. The molecule has 2 fully saturated rings. The van der Waals surface area contributed by atoms with Gasteiger partial charge < -0.3 is 4.90 Å². The third-order valence-electron chi connectivity index (χ3n) is 5.81. The van der Waals surface area contributed by atoms with E-state index in [9.17, 15) is 0 Å². The van der Waals surface area contributed by atoms with Crippen molar-refractivity contribution in [1.82, 2.24) is 15.1 Å². The molecule has 0 radical (unpaired) electrons. The van der Waals surface area contributed by atoms with Crippen molar-refractivity contribution in [3.05, 3.63) is 53.2 Å². The number of nitrogens with zero attached hydrogens (tertiary/aromatic N) is 4. The molecule has 0 N–H and O–H groups in total. The molecule has 1 aromatic carbocycles. The molecule has 1 spiro atoms. The van der Waals surface area contributed by atoms with Crippen LogP contribution in [0.4, 0.5) is 5.82 Å². The molecule has 4 heteroatoms. The van der Waals surface area contributed by atoms with Crippen LogP contribution in [0.5, 0.6) is 0 Å². The molecule has 2 saturated heterocycles. The normalized spacial score (nSPS) is 24.2. The van der Waals surface area contributed by atoms with Crippen LogP contribution in [-0.4, -0.2) is 41.3 Å². The van der Waals surface area contributed by atoms with E-state index in [4.69, 9.17) is 0 Å². The van der Waals surface area contributed by atoms with Gasteiger partial charge in [-0.05, 0) is 57.4 Å². The number of anilines is 1. The van der Waals surface area contributed by atoms with E-state index >= 15 is 0 Å². The zero-order valence-electron chi connectivity index (χ0n) is 15.4. The van der Waals surface area contributed by atoms with Gasteiger partial charge in [0.15, 0.2) is 5.82 Å². The molecule has 0 aliphatic carbocycles. The lowest BCUT2D eigenvalue weighted by molar-refractivity contribution is 0.216. The summed E-state index contributed by atoms with van der Waals surface area (Å²) in [7, 11) is 0. The number of benzene rings is 1. The summed E-state index contributed by atoms with van der Waals surface area (Å²) in [6.07, 6.45) is 3.90. The number of rotatable bonds is 3. The molecule has 1 atom stereocenters. The van der Waals surface area contributed by atoms with E-state index in [0.717, 1.165) is 31.1 Å². The largest absolute Gasteiger partial charge is 0.355 e. The van der Waals surface area contributed by atoms with Gasteiger partial charge in [0.2, 0.25) is 0 Å². The highest BCUT2D eigenvalue weighted by Crippen LogP contribution is 2.40. The fourth-order valence-electron chi connectivity index (χ4n) is 4.41. The van der Waals surface area contributed by atoms with Crippen LogP contribution in [0.3, 0.4) is 0 Å². The van der Waals surface area contributed by atoms with Gasteiger partial charge in [0, 0.05) is 31.6 Å². The second-order valence-electron chi connectivity index (χ2n) is 8.00. The van der Waals surface area contributed by atoms with Crippen LogP contribution < -0.4 is 4.90 Å². The summed E-state index contributed by atoms with van der Waals surface area (Å²) < 4.78 is 0. The van der Waals surface area contributed by atoms with Crippen LogP contribution >= 0.6 is 0 Å². The number of likely N-dealkylation sites (tertiary alicyclic amines) is 1. The third-order valence-corrected chi connectivity index (χ3v) is 5.81. The zero-order chi connectivity index (χ0) is 17.3. The highest BCUT2D eigenvalue weighted by Gasteiger charge is 2.41. The Kier molecular flexibility index (Phi) is 4.46. The molecule has 1 aromatic heterocycles. The number of aryl methyl sites for hydroxylation is 2. The van der Waals surface area contributed by atoms with Crippen LogP contribution in [0, 0.1) is 19.3 Å². The first-order valence-electron chi connectivity index (χ1n) is 9.45. The average Bonchev–Trinajstić information content (AvgIpc) is 2.99. The molecule has 2 aliphatic heterocycles. The molecule has 0 amide bonds. The van der Waals surface area contributed by atoms with Gasteiger partial charge in [-0.15, -0.1) is 5.10 Å². The summed E-state index contributed by atoms with van der Waals surface area (Å²) in [4.78, 5) is 5.08. The molecule has 132 valence electrons. The van der Waals surface area contributed by atoms with Crippen molar-refractivity contribution in [2.24, 2.45) is 5.41 Å². The van der Waals surface area contributed by atoms with Gasteiger partial charge in [0.05, 0.1) is 5.69 Å². The van der Waals surface area contributed by atoms with E-state index in [0.29, 0.717) is 5.41 Å². The Hall–Kier alpha value is -1.94. The first kappa shape index (κ1) is 16.5.